The molecular formula is C17H10O3. The van der Waals surface area contributed by atoms with Crippen LogP contribution in [0.15, 0.2) is 42.5 Å². The zero-order valence-electron chi connectivity index (χ0n) is 10.8. The minimum Gasteiger partial charge on any atom is -0.386 e. The van der Waals surface area contributed by atoms with Crippen LogP contribution in [0.25, 0.3) is 21.5 Å². The molecule has 0 radical (unpaired) electrons. The van der Waals surface area contributed by atoms with Gasteiger partial charge in [-0.3, -0.25) is 0 Å². The Morgan fingerprint density at radius 3 is 2.50 bits per heavy atom. The maximum Gasteiger partial charge on any atom is 0.346 e. The van der Waals surface area contributed by atoms with E-state index in [2.05, 4.69) is 6.07 Å². The lowest BCUT2D eigenvalue weighted by Gasteiger charge is -2.17. The van der Waals surface area contributed by atoms with Gasteiger partial charge < -0.3 is 4.74 Å². The zero-order valence-corrected chi connectivity index (χ0v) is 10.8. The van der Waals surface area contributed by atoms with Gasteiger partial charge >= 0.3 is 11.9 Å². The van der Waals surface area contributed by atoms with E-state index in [-0.39, 0.29) is 0 Å². The first-order chi connectivity index (χ1) is 9.65. The highest BCUT2D eigenvalue weighted by Crippen LogP contribution is 2.34. The Balaban J connectivity index is 2.31. The largest absolute Gasteiger partial charge is 0.386 e. The second kappa shape index (κ2) is 3.67. The monoisotopic (exact) mass is 262 g/mol. The van der Waals surface area contributed by atoms with Gasteiger partial charge in [-0.2, -0.15) is 0 Å². The fraction of sp³-hybridized carbons (Fsp3) is 0.0588. The summed E-state index contributed by atoms with van der Waals surface area (Å²) in [5.74, 6) is -1.14. The number of esters is 2. The molecule has 4 rings (SSSR count). The number of aryl methyl sites for hydroxylation is 1. The van der Waals surface area contributed by atoms with E-state index in [9.17, 15) is 9.59 Å². The van der Waals surface area contributed by atoms with E-state index in [0.29, 0.717) is 16.5 Å². The van der Waals surface area contributed by atoms with Crippen molar-refractivity contribution in [1.82, 2.24) is 0 Å². The first kappa shape index (κ1) is 11.2. The Labute approximate surface area is 114 Å². The van der Waals surface area contributed by atoms with Gasteiger partial charge in [0.05, 0.1) is 11.1 Å². The fourth-order valence-corrected chi connectivity index (χ4v) is 2.85. The zero-order chi connectivity index (χ0) is 13.9. The lowest BCUT2D eigenvalue weighted by Crippen LogP contribution is -2.19. The molecular weight excluding hydrogens is 252 g/mol. The summed E-state index contributed by atoms with van der Waals surface area (Å²) in [4.78, 5) is 23.8. The minimum atomic E-state index is -0.569. The Morgan fingerprint density at radius 1 is 0.850 bits per heavy atom. The van der Waals surface area contributed by atoms with E-state index in [1.807, 2.05) is 31.2 Å². The predicted octanol–water partition coefficient (Wildman–Crippen LogP) is 3.61. The van der Waals surface area contributed by atoms with Gasteiger partial charge in [0.2, 0.25) is 0 Å². The first-order valence-electron chi connectivity index (χ1n) is 6.38. The van der Waals surface area contributed by atoms with E-state index in [0.717, 1.165) is 21.7 Å². The molecule has 3 aromatic rings. The third kappa shape index (κ3) is 1.35. The summed E-state index contributed by atoms with van der Waals surface area (Å²) in [6, 6.07) is 13.3. The molecule has 0 aromatic heterocycles. The fourth-order valence-electron chi connectivity index (χ4n) is 2.85. The van der Waals surface area contributed by atoms with Crippen molar-refractivity contribution in [3.05, 3.63) is 59.2 Å². The Kier molecular flexibility index (Phi) is 2.05. The lowest BCUT2D eigenvalue weighted by molar-refractivity contribution is 0.0391. The molecule has 1 aliphatic rings. The molecule has 0 N–H and O–H groups in total. The molecule has 3 nitrogen and oxygen atoms in total. The quantitative estimate of drug-likeness (QED) is 0.353. The number of rotatable bonds is 0. The summed E-state index contributed by atoms with van der Waals surface area (Å²) >= 11 is 0. The molecule has 1 aliphatic heterocycles. The van der Waals surface area contributed by atoms with Crippen LogP contribution in [0.1, 0.15) is 26.3 Å². The Hall–Kier alpha value is -2.68. The highest BCUT2D eigenvalue weighted by Gasteiger charge is 2.27. The molecule has 3 aromatic carbocycles. The van der Waals surface area contributed by atoms with Crippen LogP contribution in [0.2, 0.25) is 0 Å². The second-order valence-corrected chi connectivity index (χ2v) is 5.05. The van der Waals surface area contributed by atoms with Crippen LogP contribution in [0.5, 0.6) is 0 Å². The van der Waals surface area contributed by atoms with Crippen LogP contribution >= 0.6 is 0 Å². The third-order valence-electron chi connectivity index (χ3n) is 3.76. The number of ether oxygens (including phenoxy) is 1. The maximum atomic E-state index is 11.9. The highest BCUT2D eigenvalue weighted by molar-refractivity contribution is 6.25. The summed E-state index contributed by atoms with van der Waals surface area (Å²) in [5.41, 5.74) is 2.06. The van der Waals surface area contributed by atoms with E-state index < -0.39 is 11.9 Å². The smallest absolute Gasteiger partial charge is 0.346 e. The third-order valence-corrected chi connectivity index (χ3v) is 3.76. The van der Waals surface area contributed by atoms with Gasteiger partial charge in [0.15, 0.2) is 0 Å². The molecule has 0 spiro atoms. The molecule has 0 bridgehead atoms. The Bertz CT molecular complexity index is 922. The topological polar surface area (TPSA) is 43.4 Å². The number of hydrogen-bond acceptors (Lipinski definition) is 3. The normalized spacial score (nSPS) is 13.8. The van der Waals surface area contributed by atoms with Gasteiger partial charge in [-0.25, -0.2) is 9.59 Å². The SMILES string of the molecule is Cc1ccc2cc3c4c(cccc4c2c1)C(=O)OC3=O. The summed E-state index contributed by atoms with van der Waals surface area (Å²) in [5, 5.41) is 3.64. The molecule has 3 heteroatoms. The average Bonchev–Trinajstić information content (AvgIpc) is 2.44. The van der Waals surface area contributed by atoms with E-state index >= 15 is 0 Å². The average molecular weight is 262 g/mol. The number of cyclic esters (lactones) is 2. The van der Waals surface area contributed by atoms with Crippen LogP contribution in [-0.4, -0.2) is 11.9 Å². The summed E-state index contributed by atoms with van der Waals surface area (Å²) < 4.78 is 4.80. The lowest BCUT2D eigenvalue weighted by atomic mass is 9.92. The van der Waals surface area contributed by atoms with Gasteiger partial charge in [-0.05, 0) is 35.2 Å². The standard InChI is InChI=1S/C17H10O3/c1-9-5-6-10-8-14-15-11(13(10)7-9)3-2-4-12(15)16(18)20-17(14)19/h2-8H,1H3. The molecule has 0 amide bonds. The van der Waals surface area contributed by atoms with E-state index in [4.69, 9.17) is 4.74 Å². The number of fused-ring (bicyclic) bond motifs is 2. The molecule has 0 aliphatic carbocycles. The minimum absolute atomic E-state index is 0.459. The van der Waals surface area contributed by atoms with E-state index in [1.165, 1.54) is 0 Å². The van der Waals surface area contributed by atoms with Crippen LogP contribution in [0, 0.1) is 6.92 Å². The Morgan fingerprint density at radius 2 is 1.65 bits per heavy atom. The van der Waals surface area contributed by atoms with Crippen molar-refractivity contribution in [2.75, 3.05) is 0 Å². The van der Waals surface area contributed by atoms with Crippen molar-refractivity contribution in [3.8, 4) is 0 Å². The number of hydrogen-bond donors (Lipinski definition) is 0. The number of carbonyl (C=O) groups is 2. The molecule has 0 fully saturated rings. The van der Waals surface area contributed by atoms with Crippen molar-refractivity contribution in [1.29, 1.82) is 0 Å². The van der Waals surface area contributed by atoms with Crippen molar-refractivity contribution in [3.63, 3.8) is 0 Å². The molecule has 0 saturated heterocycles. The van der Waals surface area contributed by atoms with Gasteiger partial charge in [-0.1, -0.05) is 35.9 Å². The molecule has 20 heavy (non-hydrogen) atoms. The maximum absolute atomic E-state index is 11.9. The summed E-state index contributed by atoms with van der Waals surface area (Å²) in [6.07, 6.45) is 0. The van der Waals surface area contributed by atoms with Gasteiger partial charge in [0.1, 0.15) is 0 Å². The molecule has 0 atom stereocenters. The van der Waals surface area contributed by atoms with Crippen LogP contribution < -0.4 is 0 Å². The highest BCUT2D eigenvalue weighted by atomic mass is 16.6. The van der Waals surface area contributed by atoms with Crippen molar-refractivity contribution < 1.29 is 14.3 Å². The molecule has 0 saturated carbocycles. The van der Waals surface area contributed by atoms with Crippen molar-refractivity contribution in [2.45, 2.75) is 6.92 Å². The van der Waals surface area contributed by atoms with Crippen molar-refractivity contribution >= 4 is 33.5 Å². The second-order valence-electron chi connectivity index (χ2n) is 5.05. The summed E-state index contributed by atoms with van der Waals surface area (Å²) in [7, 11) is 0. The van der Waals surface area contributed by atoms with Crippen LogP contribution in [-0.2, 0) is 4.74 Å². The molecule has 0 unspecified atom stereocenters. The number of benzene rings is 3. The van der Waals surface area contributed by atoms with E-state index in [1.54, 1.807) is 12.1 Å². The predicted molar refractivity (Wildman–Crippen MR) is 75.9 cm³/mol. The summed E-state index contributed by atoms with van der Waals surface area (Å²) in [6.45, 7) is 2.02. The first-order valence-corrected chi connectivity index (χ1v) is 6.38. The van der Waals surface area contributed by atoms with Gasteiger partial charge in [0, 0.05) is 5.39 Å². The van der Waals surface area contributed by atoms with Gasteiger partial charge in [-0.15, -0.1) is 0 Å². The number of carbonyl (C=O) groups excluding carboxylic acids is 2. The molecule has 1 heterocycles. The molecule has 96 valence electrons. The van der Waals surface area contributed by atoms with Crippen LogP contribution in [0.4, 0.5) is 0 Å². The van der Waals surface area contributed by atoms with Crippen LogP contribution in [0.3, 0.4) is 0 Å². The van der Waals surface area contributed by atoms with Crippen molar-refractivity contribution in [2.24, 2.45) is 0 Å². The van der Waals surface area contributed by atoms with Gasteiger partial charge in [0.25, 0.3) is 0 Å².